The first-order valence-electron chi connectivity index (χ1n) is 7.34. The molecular weight excluding hydrogens is 294 g/mol. The predicted molar refractivity (Wildman–Crippen MR) is 88.8 cm³/mol. The molecule has 2 N–H and O–H groups in total. The number of aryl methyl sites for hydroxylation is 2. The molecule has 0 saturated carbocycles. The monoisotopic (exact) mass is 307 g/mol. The summed E-state index contributed by atoms with van der Waals surface area (Å²) >= 11 is 1.81. The molecule has 4 aromatic rings. The fraction of sp³-hybridized carbons (Fsp3) is 0.188. The molecule has 22 heavy (non-hydrogen) atoms. The van der Waals surface area contributed by atoms with Gasteiger partial charge in [-0.1, -0.05) is 0 Å². The third-order valence-electron chi connectivity index (χ3n) is 4.20. The zero-order valence-electron chi connectivity index (χ0n) is 11.8. The number of aromatic nitrogens is 4. The van der Waals surface area contributed by atoms with Crippen LogP contribution in [0.25, 0.3) is 21.1 Å². The van der Waals surface area contributed by atoms with Crippen molar-refractivity contribution in [2.24, 2.45) is 0 Å². The summed E-state index contributed by atoms with van der Waals surface area (Å²) in [6, 6.07) is 6.15. The Morgan fingerprint density at radius 2 is 2.18 bits per heavy atom. The molecule has 0 radical (unpaired) electrons. The summed E-state index contributed by atoms with van der Waals surface area (Å²) in [5.74, 6) is 0.909. The average molecular weight is 307 g/mol. The molecule has 0 saturated heterocycles. The van der Waals surface area contributed by atoms with Gasteiger partial charge in [0, 0.05) is 16.0 Å². The summed E-state index contributed by atoms with van der Waals surface area (Å²) in [5, 5.41) is 12.8. The van der Waals surface area contributed by atoms with Gasteiger partial charge in [-0.25, -0.2) is 9.97 Å². The van der Waals surface area contributed by atoms with Gasteiger partial charge in [0.2, 0.25) is 0 Å². The smallest absolute Gasteiger partial charge is 0.142 e. The highest BCUT2D eigenvalue weighted by Gasteiger charge is 2.21. The molecule has 0 atom stereocenters. The van der Waals surface area contributed by atoms with Gasteiger partial charge in [0.15, 0.2) is 0 Å². The lowest BCUT2D eigenvalue weighted by atomic mass is 10.2. The topological polar surface area (TPSA) is 66.5 Å². The van der Waals surface area contributed by atoms with Crippen LogP contribution >= 0.6 is 11.3 Å². The summed E-state index contributed by atoms with van der Waals surface area (Å²) in [6.07, 6.45) is 7.03. The number of thiophene rings is 1. The lowest BCUT2D eigenvalue weighted by molar-refractivity contribution is 0.917. The summed E-state index contributed by atoms with van der Waals surface area (Å²) in [7, 11) is 0. The molecule has 5 rings (SSSR count). The van der Waals surface area contributed by atoms with Gasteiger partial charge >= 0.3 is 0 Å². The lowest BCUT2D eigenvalue weighted by Gasteiger charge is -2.07. The molecule has 0 spiro atoms. The standard InChI is InChI=1S/C16H13N5S/c1-2-11-13(3-1)22-16-14(11)15(17-8-18-16)20-10-4-5-12-9(6-10)7-19-21-12/h4-8H,1-3H2,(H,19,21)(H,17,18,20). The number of fused-ring (bicyclic) bond motifs is 4. The van der Waals surface area contributed by atoms with Crippen molar-refractivity contribution >= 4 is 44.0 Å². The molecule has 5 nitrogen and oxygen atoms in total. The van der Waals surface area contributed by atoms with Crippen molar-refractivity contribution in [1.82, 2.24) is 20.2 Å². The van der Waals surface area contributed by atoms with E-state index < -0.39 is 0 Å². The highest BCUT2D eigenvalue weighted by atomic mass is 32.1. The van der Waals surface area contributed by atoms with Crippen molar-refractivity contribution in [2.75, 3.05) is 5.32 Å². The minimum absolute atomic E-state index is 0.909. The molecule has 108 valence electrons. The Morgan fingerprint density at radius 1 is 1.18 bits per heavy atom. The number of anilines is 2. The Balaban J connectivity index is 1.64. The number of nitrogens with zero attached hydrogens (tertiary/aromatic N) is 3. The summed E-state index contributed by atoms with van der Waals surface area (Å²) in [6.45, 7) is 0. The van der Waals surface area contributed by atoms with E-state index in [1.54, 1.807) is 6.33 Å². The van der Waals surface area contributed by atoms with Crippen LogP contribution in [0.15, 0.2) is 30.7 Å². The van der Waals surface area contributed by atoms with E-state index in [0.717, 1.165) is 33.7 Å². The average Bonchev–Trinajstić information content (AvgIpc) is 3.21. The first kappa shape index (κ1) is 12.1. The van der Waals surface area contributed by atoms with Gasteiger partial charge in [0.1, 0.15) is 17.0 Å². The van der Waals surface area contributed by atoms with Gasteiger partial charge in [-0.15, -0.1) is 11.3 Å². The largest absolute Gasteiger partial charge is 0.340 e. The molecule has 3 aromatic heterocycles. The number of H-pyrrole nitrogens is 1. The van der Waals surface area contributed by atoms with Gasteiger partial charge in [-0.2, -0.15) is 5.10 Å². The van der Waals surface area contributed by atoms with E-state index in [9.17, 15) is 0 Å². The molecule has 6 heteroatoms. The fourth-order valence-corrected chi connectivity index (χ4v) is 4.41. The Kier molecular flexibility index (Phi) is 2.48. The van der Waals surface area contributed by atoms with Crippen molar-refractivity contribution in [2.45, 2.75) is 19.3 Å². The Bertz CT molecular complexity index is 1000. The maximum absolute atomic E-state index is 4.48. The van der Waals surface area contributed by atoms with Crippen molar-refractivity contribution in [3.8, 4) is 0 Å². The normalized spacial score (nSPS) is 13.8. The zero-order valence-corrected chi connectivity index (χ0v) is 12.6. The number of hydrogen-bond donors (Lipinski definition) is 2. The lowest BCUT2D eigenvalue weighted by Crippen LogP contribution is -1.96. The Hall–Kier alpha value is -2.47. The van der Waals surface area contributed by atoms with Crippen LogP contribution in [-0.4, -0.2) is 20.2 Å². The number of rotatable bonds is 2. The van der Waals surface area contributed by atoms with Crippen LogP contribution in [-0.2, 0) is 12.8 Å². The van der Waals surface area contributed by atoms with Gasteiger partial charge in [-0.05, 0) is 43.0 Å². The first-order chi connectivity index (χ1) is 10.9. The fourth-order valence-electron chi connectivity index (χ4n) is 3.18. The number of aromatic amines is 1. The van der Waals surface area contributed by atoms with Crippen molar-refractivity contribution in [1.29, 1.82) is 0 Å². The summed E-state index contributed by atoms with van der Waals surface area (Å²) < 4.78 is 0. The van der Waals surface area contributed by atoms with Crippen LogP contribution in [0, 0.1) is 0 Å². The van der Waals surface area contributed by atoms with E-state index in [1.807, 2.05) is 29.7 Å². The minimum atomic E-state index is 0.909. The van der Waals surface area contributed by atoms with E-state index >= 15 is 0 Å². The number of nitrogens with one attached hydrogen (secondary N) is 2. The molecule has 0 fully saturated rings. The molecule has 1 aliphatic rings. The second-order valence-electron chi connectivity index (χ2n) is 5.56. The maximum Gasteiger partial charge on any atom is 0.142 e. The Morgan fingerprint density at radius 3 is 3.18 bits per heavy atom. The maximum atomic E-state index is 4.48. The van der Waals surface area contributed by atoms with Gasteiger partial charge in [-0.3, -0.25) is 5.10 Å². The van der Waals surface area contributed by atoms with E-state index in [-0.39, 0.29) is 0 Å². The predicted octanol–water partition coefficient (Wildman–Crippen LogP) is 3.80. The van der Waals surface area contributed by atoms with Crippen LogP contribution in [0.5, 0.6) is 0 Å². The Labute approximate surface area is 130 Å². The van der Waals surface area contributed by atoms with Gasteiger partial charge in [0.05, 0.1) is 17.1 Å². The molecule has 0 unspecified atom stereocenters. The first-order valence-corrected chi connectivity index (χ1v) is 8.15. The minimum Gasteiger partial charge on any atom is -0.340 e. The molecule has 1 aliphatic carbocycles. The van der Waals surface area contributed by atoms with Crippen molar-refractivity contribution in [3.05, 3.63) is 41.2 Å². The molecule has 0 aliphatic heterocycles. The third kappa shape index (κ3) is 1.74. The molecule has 3 heterocycles. The molecule has 1 aromatic carbocycles. The number of benzene rings is 1. The second-order valence-corrected chi connectivity index (χ2v) is 6.64. The van der Waals surface area contributed by atoms with Crippen LogP contribution in [0.1, 0.15) is 16.9 Å². The highest BCUT2D eigenvalue weighted by Crippen LogP contribution is 2.39. The van der Waals surface area contributed by atoms with Crippen LogP contribution in [0.2, 0.25) is 0 Å². The van der Waals surface area contributed by atoms with E-state index in [2.05, 4.69) is 31.5 Å². The van der Waals surface area contributed by atoms with E-state index in [1.165, 1.54) is 28.7 Å². The van der Waals surface area contributed by atoms with Gasteiger partial charge < -0.3 is 5.32 Å². The summed E-state index contributed by atoms with van der Waals surface area (Å²) in [5.41, 5.74) is 3.49. The van der Waals surface area contributed by atoms with E-state index in [0.29, 0.717) is 0 Å². The van der Waals surface area contributed by atoms with Crippen molar-refractivity contribution in [3.63, 3.8) is 0 Å². The third-order valence-corrected chi connectivity index (χ3v) is 5.40. The SMILES string of the molecule is c1nc(Nc2ccc3[nH]ncc3c2)c2c3c(sc2n1)CCC3. The van der Waals surface area contributed by atoms with Gasteiger partial charge in [0.25, 0.3) is 0 Å². The van der Waals surface area contributed by atoms with Crippen molar-refractivity contribution < 1.29 is 0 Å². The quantitative estimate of drug-likeness (QED) is 0.591. The second kappa shape index (κ2) is 4.51. The summed E-state index contributed by atoms with van der Waals surface area (Å²) in [4.78, 5) is 11.5. The highest BCUT2D eigenvalue weighted by molar-refractivity contribution is 7.19. The molecule has 0 bridgehead atoms. The molecular formula is C16H13N5S. The zero-order chi connectivity index (χ0) is 14.5. The van der Waals surface area contributed by atoms with Crippen LogP contribution in [0.4, 0.5) is 11.5 Å². The number of hydrogen-bond acceptors (Lipinski definition) is 5. The van der Waals surface area contributed by atoms with Crippen LogP contribution < -0.4 is 5.32 Å². The van der Waals surface area contributed by atoms with Crippen LogP contribution in [0.3, 0.4) is 0 Å². The molecule has 0 amide bonds. The van der Waals surface area contributed by atoms with E-state index in [4.69, 9.17) is 0 Å².